The van der Waals surface area contributed by atoms with Gasteiger partial charge in [-0.2, -0.15) is 0 Å². The van der Waals surface area contributed by atoms with Crippen LogP contribution in [0.4, 0.5) is 5.95 Å². The van der Waals surface area contributed by atoms with Crippen LogP contribution in [0.5, 0.6) is 0 Å². The molecule has 3 rings (SSSR count). The molecule has 2 heterocycles. The van der Waals surface area contributed by atoms with Crippen molar-refractivity contribution in [3.05, 3.63) is 11.9 Å². The number of aromatic nitrogens is 2. The number of rotatable bonds is 4. The summed E-state index contributed by atoms with van der Waals surface area (Å²) in [6.45, 7) is 3.25. The van der Waals surface area contributed by atoms with Gasteiger partial charge in [0.2, 0.25) is 5.95 Å². The predicted molar refractivity (Wildman–Crippen MR) is 59.9 cm³/mol. The van der Waals surface area contributed by atoms with Crippen molar-refractivity contribution in [2.45, 2.75) is 38.3 Å². The van der Waals surface area contributed by atoms with Gasteiger partial charge in [0.05, 0.1) is 11.9 Å². The van der Waals surface area contributed by atoms with Gasteiger partial charge in [0.1, 0.15) is 0 Å². The molecule has 0 spiro atoms. The Labute approximate surface area is 90.1 Å². The zero-order chi connectivity index (χ0) is 10.1. The maximum Gasteiger partial charge on any atom is 0.202 e. The van der Waals surface area contributed by atoms with E-state index < -0.39 is 0 Å². The smallest absolute Gasteiger partial charge is 0.202 e. The van der Waals surface area contributed by atoms with E-state index in [1.54, 1.807) is 0 Å². The van der Waals surface area contributed by atoms with E-state index in [9.17, 15) is 0 Å². The average Bonchev–Trinajstić information content (AvgIpc) is 2.78. The lowest BCUT2D eigenvalue weighted by Crippen LogP contribution is -2.19. The largest absolute Gasteiger partial charge is 0.342 e. The van der Waals surface area contributed by atoms with Gasteiger partial charge in [0.15, 0.2) is 0 Å². The second kappa shape index (κ2) is 3.85. The fourth-order valence-electron chi connectivity index (χ4n) is 2.07. The highest BCUT2D eigenvalue weighted by Gasteiger charge is 2.20. The quantitative estimate of drug-likeness (QED) is 0.779. The Bertz CT molecular complexity index is 323. The van der Waals surface area contributed by atoms with Gasteiger partial charge in [-0.15, -0.1) is 0 Å². The minimum atomic E-state index is 0.767. The first-order valence-corrected chi connectivity index (χ1v) is 5.94. The lowest BCUT2D eigenvalue weighted by atomic mass is 10.4. The van der Waals surface area contributed by atoms with E-state index in [0.717, 1.165) is 31.6 Å². The van der Waals surface area contributed by atoms with Gasteiger partial charge >= 0.3 is 0 Å². The van der Waals surface area contributed by atoms with Crippen molar-refractivity contribution in [2.75, 3.05) is 18.0 Å². The van der Waals surface area contributed by atoms with Crippen molar-refractivity contribution in [1.82, 2.24) is 15.3 Å². The van der Waals surface area contributed by atoms with E-state index in [1.165, 1.54) is 31.4 Å². The van der Waals surface area contributed by atoms with E-state index in [0.29, 0.717) is 0 Å². The normalized spacial score (nSPS) is 21.2. The molecule has 1 saturated carbocycles. The molecule has 4 heteroatoms. The maximum atomic E-state index is 4.43. The Hall–Kier alpha value is -1.03. The Morgan fingerprint density at radius 1 is 1.40 bits per heavy atom. The van der Waals surface area contributed by atoms with Crippen molar-refractivity contribution in [3.63, 3.8) is 0 Å². The average molecular weight is 206 g/mol. The first kappa shape index (κ1) is 9.21. The molecule has 0 amide bonds. The van der Waals surface area contributed by atoms with E-state index in [-0.39, 0.29) is 0 Å². The van der Waals surface area contributed by atoms with Crippen molar-refractivity contribution in [3.8, 4) is 0 Å². The summed E-state index contributed by atoms with van der Waals surface area (Å²) < 4.78 is 0. The first-order chi connectivity index (χ1) is 7.42. The molecule has 1 saturated heterocycles. The van der Waals surface area contributed by atoms with Crippen LogP contribution in [-0.4, -0.2) is 29.1 Å². The van der Waals surface area contributed by atoms with Gasteiger partial charge in [-0.1, -0.05) is 0 Å². The third-order valence-electron chi connectivity index (χ3n) is 3.18. The third-order valence-corrected chi connectivity index (χ3v) is 3.18. The Kier molecular flexibility index (Phi) is 2.37. The molecule has 82 valence electrons. The van der Waals surface area contributed by atoms with Gasteiger partial charge in [0, 0.05) is 25.7 Å². The standard InChI is InChI=1S/C11H18N4/c1-2-6-15(5-1)11-13-8-10(14-11)7-12-9-3-4-9/h8-9,12H,1-7H2,(H,13,14). The van der Waals surface area contributed by atoms with Crippen LogP contribution in [0, 0.1) is 0 Å². The minimum absolute atomic E-state index is 0.767. The number of nitrogens with zero attached hydrogens (tertiary/aromatic N) is 2. The summed E-state index contributed by atoms with van der Waals surface area (Å²) in [5, 5.41) is 3.49. The van der Waals surface area contributed by atoms with Gasteiger partial charge in [-0.25, -0.2) is 4.98 Å². The molecule has 2 fully saturated rings. The number of imidazole rings is 1. The Morgan fingerprint density at radius 2 is 2.20 bits per heavy atom. The van der Waals surface area contributed by atoms with Crippen molar-refractivity contribution < 1.29 is 0 Å². The van der Waals surface area contributed by atoms with E-state index in [2.05, 4.69) is 20.2 Å². The van der Waals surface area contributed by atoms with Crippen molar-refractivity contribution in [2.24, 2.45) is 0 Å². The lowest BCUT2D eigenvalue weighted by Gasteiger charge is -2.12. The molecular formula is C11H18N4. The lowest BCUT2D eigenvalue weighted by molar-refractivity contribution is 0.676. The summed E-state index contributed by atoms with van der Waals surface area (Å²) >= 11 is 0. The fourth-order valence-corrected chi connectivity index (χ4v) is 2.07. The highest BCUT2D eigenvalue weighted by Crippen LogP contribution is 2.20. The van der Waals surface area contributed by atoms with Crippen LogP contribution >= 0.6 is 0 Å². The maximum absolute atomic E-state index is 4.43. The number of H-pyrrole nitrogens is 1. The number of nitrogens with one attached hydrogen (secondary N) is 2. The van der Waals surface area contributed by atoms with E-state index in [1.807, 2.05) is 6.20 Å². The van der Waals surface area contributed by atoms with Gasteiger partial charge in [-0.3, -0.25) is 0 Å². The van der Waals surface area contributed by atoms with Gasteiger partial charge in [0.25, 0.3) is 0 Å². The van der Waals surface area contributed by atoms with E-state index in [4.69, 9.17) is 0 Å². The predicted octanol–water partition coefficient (Wildman–Crippen LogP) is 1.26. The summed E-state index contributed by atoms with van der Waals surface area (Å²) in [6.07, 6.45) is 7.25. The number of aromatic amines is 1. The summed E-state index contributed by atoms with van der Waals surface area (Å²) in [4.78, 5) is 10.2. The van der Waals surface area contributed by atoms with Crippen LogP contribution in [0.3, 0.4) is 0 Å². The summed E-state index contributed by atoms with van der Waals surface area (Å²) in [6, 6.07) is 0.767. The van der Waals surface area contributed by atoms with Crippen LogP contribution in [0.2, 0.25) is 0 Å². The summed E-state index contributed by atoms with van der Waals surface area (Å²) in [5.74, 6) is 1.06. The van der Waals surface area contributed by atoms with Crippen molar-refractivity contribution in [1.29, 1.82) is 0 Å². The zero-order valence-electron chi connectivity index (χ0n) is 9.00. The molecule has 15 heavy (non-hydrogen) atoms. The van der Waals surface area contributed by atoms with E-state index >= 15 is 0 Å². The molecular weight excluding hydrogens is 188 g/mol. The number of hydrogen-bond donors (Lipinski definition) is 2. The fraction of sp³-hybridized carbons (Fsp3) is 0.727. The minimum Gasteiger partial charge on any atom is -0.342 e. The third kappa shape index (κ3) is 2.15. The second-order valence-electron chi connectivity index (χ2n) is 4.58. The zero-order valence-corrected chi connectivity index (χ0v) is 9.00. The molecule has 1 aliphatic heterocycles. The van der Waals surface area contributed by atoms with Crippen LogP contribution in [0.25, 0.3) is 0 Å². The Balaban J connectivity index is 1.59. The topological polar surface area (TPSA) is 44.0 Å². The SMILES string of the molecule is c1nc(N2CCCC2)[nH]c1CNC1CC1. The van der Waals surface area contributed by atoms with Crippen LogP contribution < -0.4 is 10.2 Å². The molecule has 0 unspecified atom stereocenters. The molecule has 0 radical (unpaired) electrons. The van der Waals surface area contributed by atoms with Gasteiger partial charge < -0.3 is 15.2 Å². The molecule has 0 aromatic carbocycles. The molecule has 1 aromatic rings. The summed E-state index contributed by atoms with van der Waals surface area (Å²) in [5.41, 5.74) is 1.21. The van der Waals surface area contributed by atoms with Gasteiger partial charge in [-0.05, 0) is 25.7 Å². The van der Waals surface area contributed by atoms with Crippen LogP contribution in [-0.2, 0) is 6.54 Å². The highest BCUT2D eigenvalue weighted by atomic mass is 15.3. The van der Waals surface area contributed by atoms with Crippen LogP contribution in [0.1, 0.15) is 31.4 Å². The van der Waals surface area contributed by atoms with Crippen molar-refractivity contribution >= 4 is 5.95 Å². The molecule has 4 nitrogen and oxygen atoms in total. The number of anilines is 1. The second-order valence-corrected chi connectivity index (χ2v) is 4.58. The van der Waals surface area contributed by atoms with Crippen LogP contribution in [0.15, 0.2) is 6.20 Å². The highest BCUT2D eigenvalue weighted by molar-refractivity contribution is 5.32. The molecule has 1 aromatic heterocycles. The molecule has 0 atom stereocenters. The number of hydrogen-bond acceptors (Lipinski definition) is 3. The Morgan fingerprint density at radius 3 is 2.93 bits per heavy atom. The summed E-state index contributed by atoms with van der Waals surface area (Å²) in [7, 11) is 0. The molecule has 1 aliphatic carbocycles. The molecule has 0 bridgehead atoms. The molecule has 2 N–H and O–H groups in total. The first-order valence-electron chi connectivity index (χ1n) is 5.94. The monoisotopic (exact) mass is 206 g/mol. The molecule has 2 aliphatic rings.